The van der Waals surface area contributed by atoms with Crippen molar-refractivity contribution in [3.63, 3.8) is 0 Å². The van der Waals surface area contributed by atoms with Crippen molar-refractivity contribution in [2.24, 2.45) is 4.99 Å². The lowest BCUT2D eigenvalue weighted by atomic mass is 10.1. The Morgan fingerprint density at radius 1 is 1.24 bits per heavy atom. The van der Waals surface area contributed by atoms with E-state index in [0.29, 0.717) is 40.2 Å². The molecule has 1 aromatic carbocycles. The summed E-state index contributed by atoms with van der Waals surface area (Å²) in [6.45, 7) is 5.38. The molecule has 3 heterocycles. The van der Waals surface area contributed by atoms with E-state index in [2.05, 4.69) is 9.89 Å². The molecule has 0 radical (unpaired) electrons. The summed E-state index contributed by atoms with van der Waals surface area (Å²) in [5.41, 5.74) is 0.592. The van der Waals surface area contributed by atoms with E-state index in [1.54, 1.807) is 30.3 Å². The van der Waals surface area contributed by atoms with E-state index in [0.717, 1.165) is 0 Å². The maximum atomic E-state index is 12.3. The lowest BCUT2D eigenvalue weighted by Crippen LogP contribution is -2.47. The number of hydrogen-bond acceptors (Lipinski definition) is 7. The summed E-state index contributed by atoms with van der Waals surface area (Å²) < 4.78 is 11.5. The van der Waals surface area contributed by atoms with Gasteiger partial charge in [-0.2, -0.15) is 4.99 Å². The molecule has 1 amide bonds. The minimum Gasteiger partial charge on any atom is -0.457 e. The van der Waals surface area contributed by atoms with Crippen LogP contribution in [0.15, 0.2) is 50.7 Å². The molecule has 1 saturated heterocycles. The van der Waals surface area contributed by atoms with Crippen molar-refractivity contribution in [2.45, 2.75) is 26.1 Å². The summed E-state index contributed by atoms with van der Waals surface area (Å²) >= 11 is 1.32. The predicted octanol–water partition coefficient (Wildman–Crippen LogP) is 3.93. The van der Waals surface area contributed by atoms with Gasteiger partial charge in [-0.3, -0.25) is 14.9 Å². The topological polar surface area (TPSA) is 98.2 Å². The van der Waals surface area contributed by atoms with Gasteiger partial charge in [-0.25, -0.2) is 0 Å². The Labute approximate surface area is 171 Å². The van der Waals surface area contributed by atoms with Gasteiger partial charge in [0.15, 0.2) is 5.17 Å². The molecule has 2 aromatic rings. The Morgan fingerprint density at radius 2 is 2.00 bits per heavy atom. The first kappa shape index (κ1) is 19.4. The number of thioether (sulfide) groups is 1. The SMILES string of the molecule is CC1CN(C2=NC(=O)C(=Cc3ccc(-c4cccc([N+](=O)[O-])c4)o3)S2)CC(C)O1. The van der Waals surface area contributed by atoms with Crippen LogP contribution in [-0.4, -0.2) is 46.2 Å². The fourth-order valence-corrected chi connectivity index (χ4v) is 4.27. The number of carbonyl (C=O) groups is 1. The maximum absolute atomic E-state index is 12.3. The summed E-state index contributed by atoms with van der Waals surface area (Å²) in [5.74, 6) is 0.681. The molecule has 2 atom stereocenters. The van der Waals surface area contributed by atoms with Crippen LogP contribution in [0.3, 0.4) is 0 Å². The van der Waals surface area contributed by atoms with Crippen molar-refractivity contribution in [1.82, 2.24) is 4.90 Å². The van der Waals surface area contributed by atoms with Crippen LogP contribution in [0.2, 0.25) is 0 Å². The van der Waals surface area contributed by atoms with E-state index in [1.165, 1.54) is 23.9 Å². The minimum atomic E-state index is -0.449. The van der Waals surface area contributed by atoms with Gasteiger partial charge in [0.1, 0.15) is 11.5 Å². The van der Waals surface area contributed by atoms with Crippen LogP contribution < -0.4 is 0 Å². The standard InChI is InChI=1S/C20H19N3O5S/c1-12-10-22(11-13(2)27-12)20-21-19(24)18(29-20)9-16-6-7-17(28-16)14-4-3-5-15(8-14)23(25)26/h3-9,12-13H,10-11H2,1-2H3. The summed E-state index contributed by atoms with van der Waals surface area (Å²) in [4.78, 5) is 29.6. The van der Waals surface area contributed by atoms with Crippen molar-refractivity contribution in [2.75, 3.05) is 13.1 Å². The average molecular weight is 413 g/mol. The summed E-state index contributed by atoms with van der Waals surface area (Å²) in [5, 5.41) is 11.6. The van der Waals surface area contributed by atoms with Gasteiger partial charge in [0.25, 0.3) is 11.6 Å². The Kier molecular flexibility index (Phi) is 5.25. The Bertz CT molecular complexity index is 1020. The highest BCUT2D eigenvalue weighted by Crippen LogP contribution is 2.33. The third-order valence-corrected chi connectivity index (χ3v) is 5.59. The fraction of sp³-hybridized carbons (Fsp3) is 0.300. The zero-order chi connectivity index (χ0) is 20.5. The molecule has 1 aromatic heterocycles. The van der Waals surface area contributed by atoms with Gasteiger partial charge in [0.2, 0.25) is 0 Å². The second-order valence-electron chi connectivity index (χ2n) is 6.98. The van der Waals surface area contributed by atoms with E-state index in [-0.39, 0.29) is 23.8 Å². The lowest BCUT2D eigenvalue weighted by Gasteiger charge is -2.35. The van der Waals surface area contributed by atoms with Gasteiger partial charge < -0.3 is 14.1 Å². The molecule has 150 valence electrons. The van der Waals surface area contributed by atoms with Crippen molar-refractivity contribution < 1.29 is 18.9 Å². The molecule has 0 bridgehead atoms. The molecular formula is C20H19N3O5S. The third-order valence-electron chi connectivity index (χ3n) is 4.54. The highest BCUT2D eigenvalue weighted by atomic mass is 32.2. The molecule has 0 aliphatic carbocycles. The zero-order valence-corrected chi connectivity index (χ0v) is 16.7. The number of hydrogen-bond donors (Lipinski definition) is 0. The number of aliphatic imine (C=N–C) groups is 1. The summed E-state index contributed by atoms with van der Waals surface area (Å²) in [7, 11) is 0. The van der Waals surface area contributed by atoms with Crippen LogP contribution in [0.25, 0.3) is 17.4 Å². The van der Waals surface area contributed by atoms with Crippen LogP contribution in [0.1, 0.15) is 19.6 Å². The number of benzene rings is 1. The first-order valence-corrected chi connectivity index (χ1v) is 9.98. The molecule has 8 nitrogen and oxygen atoms in total. The molecule has 2 aliphatic rings. The predicted molar refractivity (Wildman–Crippen MR) is 110 cm³/mol. The number of non-ortho nitro benzene ring substituents is 1. The number of morpholine rings is 1. The van der Waals surface area contributed by atoms with E-state index in [1.807, 2.05) is 13.8 Å². The molecule has 0 saturated carbocycles. The van der Waals surface area contributed by atoms with Crippen LogP contribution in [0.5, 0.6) is 0 Å². The number of nitro benzene ring substituents is 1. The van der Waals surface area contributed by atoms with Crippen LogP contribution in [0, 0.1) is 10.1 Å². The second-order valence-corrected chi connectivity index (χ2v) is 7.99. The highest BCUT2D eigenvalue weighted by molar-refractivity contribution is 8.18. The molecule has 0 spiro atoms. The molecule has 1 fully saturated rings. The monoisotopic (exact) mass is 413 g/mol. The molecule has 9 heteroatoms. The van der Waals surface area contributed by atoms with Crippen molar-refractivity contribution in [1.29, 1.82) is 0 Å². The Morgan fingerprint density at radius 3 is 2.72 bits per heavy atom. The largest absolute Gasteiger partial charge is 0.457 e. The van der Waals surface area contributed by atoms with Crippen LogP contribution >= 0.6 is 11.8 Å². The maximum Gasteiger partial charge on any atom is 0.286 e. The molecule has 4 rings (SSSR count). The molecule has 2 unspecified atom stereocenters. The number of amides is 1. The normalized spacial score (nSPS) is 23.5. The Balaban J connectivity index is 1.51. The zero-order valence-electron chi connectivity index (χ0n) is 15.9. The molecular weight excluding hydrogens is 394 g/mol. The summed E-state index contributed by atoms with van der Waals surface area (Å²) in [6.07, 6.45) is 1.80. The van der Waals surface area contributed by atoms with Crippen LogP contribution in [0.4, 0.5) is 5.69 Å². The quantitative estimate of drug-likeness (QED) is 0.427. The van der Waals surface area contributed by atoms with Gasteiger partial charge in [-0.05, 0) is 37.7 Å². The fourth-order valence-electron chi connectivity index (χ4n) is 3.35. The van der Waals surface area contributed by atoms with E-state index < -0.39 is 4.92 Å². The first-order valence-electron chi connectivity index (χ1n) is 9.16. The average Bonchev–Trinajstić information content (AvgIpc) is 3.29. The van der Waals surface area contributed by atoms with E-state index in [9.17, 15) is 14.9 Å². The number of rotatable bonds is 3. The minimum absolute atomic E-state index is 0.00709. The molecule has 29 heavy (non-hydrogen) atoms. The van der Waals surface area contributed by atoms with E-state index in [4.69, 9.17) is 9.15 Å². The van der Waals surface area contributed by atoms with Gasteiger partial charge in [-0.1, -0.05) is 12.1 Å². The number of ether oxygens (including phenoxy) is 1. The number of nitrogens with zero attached hydrogens (tertiary/aromatic N) is 3. The number of carbonyl (C=O) groups excluding carboxylic acids is 1. The van der Waals surface area contributed by atoms with Crippen molar-refractivity contribution >= 4 is 34.6 Å². The highest BCUT2D eigenvalue weighted by Gasteiger charge is 2.31. The summed E-state index contributed by atoms with van der Waals surface area (Å²) in [6, 6.07) is 9.67. The van der Waals surface area contributed by atoms with Gasteiger partial charge in [0, 0.05) is 36.9 Å². The van der Waals surface area contributed by atoms with Gasteiger partial charge in [0.05, 0.1) is 22.0 Å². The first-order chi connectivity index (χ1) is 13.9. The second kappa shape index (κ2) is 7.84. The molecule has 2 aliphatic heterocycles. The third kappa shape index (κ3) is 4.25. The number of amidine groups is 1. The van der Waals surface area contributed by atoms with Crippen LogP contribution in [-0.2, 0) is 9.53 Å². The smallest absolute Gasteiger partial charge is 0.286 e. The Hall–Kier alpha value is -2.91. The number of nitro groups is 1. The molecule has 0 N–H and O–H groups in total. The van der Waals surface area contributed by atoms with Gasteiger partial charge >= 0.3 is 0 Å². The lowest BCUT2D eigenvalue weighted by molar-refractivity contribution is -0.384. The van der Waals surface area contributed by atoms with Gasteiger partial charge in [-0.15, -0.1) is 0 Å². The van der Waals surface area contributed by atoms with Crippen molar-refractivity contribution in [3.8, 4) is 11.3 Å². The van der Waals surface area contributed by atoms with Crippen molar-refractivity contribution in [3.05, 3.63) is 57.2 Å². The number of furan rings is 1. The van der Waals surface area contributed by atoms with E-state index >= 15 is 0 Å².